The van der Waals surface area contributed by atoms with Gasteiger partial charge in [-0.25, -0.2) is 4.98 Å². The SMILES string of the molecule is Cc1noc2nc(-c3cccs3)cc(C(=O)Nc3cccc(-c4nnco4)c3)c12. The summed E-state index contributed by atoms with van der Waals surface area (Å²) in [7, 11) is 0. The minimum absolute atomic E-state index is 0.288. The molecule has 8 nitrogen and oxygen atoms in total. The van der Waals surface area contributed by atoms with E-state index < -0.39 is 0 Å². The van der Waals surface area contributed by atoms with Crippen molar-refractivity contribution in [2.75, 3.05) is 5.32 Å². The number of aryl methyl sites for hydroxylation is 1. The molecule has 0 aliphatic rings. The van der Waals surface area contributed by atoms with E-state index >= 15 is 0 Å². The van der Waals surface area contributed by atoms with Crippen LogP contribution >= 0.6 is 11.3 Å². The predicted molar refractivity (Wildman–Crippen MR) is 108 cm³/mol. The molecule has 1 amide bonds. The summed E-state index contributed by atoms with van der Waals surface area (Å²) in [6, 6.07) is 12.8. The maximum absolute atomic E-state index is 13.1. The molecule has 0 unspecified atom stereocenters. The molecule has 0 aliphatic carbocycles. The van der Waals surface area contributed by atoms with Gasteiger partial charge in [-0.15, -0.1) is 21.5 Å². The standard InChI is InChI=1S/C20H13N5O3S/c1-11-17-14(9-15(16-6-3-7-29-16)23-20(17)28-25-11)18(26)22-13-5-2-4-12(8-13)19-24-21-10-27-19/h2-10H,1H3,(H,22,26). The quantitative estimate of drug-likeness (QED) is 0.469. The van der Waals surface area contributed by atoms with Gasteiger partial charge in [0.2, 0.25) is 12.3 Å². The molecule has 0 spiro atoms. The molecular weight excluding hydrogens is 390 g/mol. The highest BCUT2D eigenvalue weighted by Gasteiger charge is 2.20. The molecular formula is C20H13N5O3S. The number of nitrogens with one attached hydrogen (secondary N) is 1. The van der Waals surface area contributed by atoms with Gasteiger partial charge < -0.3 is 14.3 Å². The summed E-state index contributed by atoms with van der Waals surface area (Å²) < 4.78 is 10.6. The van der Waals surface area contributed by atoms with Crippen LogP contribution in [-0.4, -0.2) is 26.2 Å². The Bertz CT molecular complexity index is 1310. The topological polar surface area (TPSA) is 107 Å². The molecule has 5 aromatic rings. The molecule has 0 radical (unpaired) electrons. The Balaban J connectivity index is 1.54. The van der Waals surface area contributed by atoms with Crippen molar-refractivity contribution in [1.82, 2.24) is 20.3 Å². The van der Waals surface area contributed by atoms with E-state index in [-0.39, 0.29) is 5.91 Å². The van der Waals surface area contributed by atoms with E-state index in [2.05, 4.69) is 25.7 Å². The van der Waals surface area contributed by atoms with Crippen LogP contribution in [0.25, 0.3) is 33.1 Å². The third kappa shape index (κ3) is 3.17. The summed E-state index contributed by atoms with van der Waals surface area (Å²) in [6.07, 6.45) is 1.26. The van der Waals surface area contributed by atoms with E-state index in [1.807, 2.05) is 23.6 Å². The van der Waals surface area contributed by atoms with Crippen LogP contribution in [0.1, 0.15) is 16.1 Å². The Morgan fingerprint density at radius 2 is 2.10 bits per heavy atom. The van der Waals surface area contributed by atoms with Gasteiger partial charge in [-0.2, -0.15) is 0 Å². The number of nitrogens with zero attached hydrogens (tertiary/aromatic N) is 4. The first-order valence-electron chi connectivity index (χ1n) is 8.68. The molecule has 0 fully saturated rings. The molecule has 1 N–H and O–H groups in total. The molecule has 0 atom stereocenters. The van der Waals surface area contributed by atoms with Crippen molar-refractivity contribution in [1.29, 1.82) is 0 Å². The number of amides is 1. The minimum Gasteiger partial charge on any atom is -0.423 e. The highest BCUT2D eigenvalue weighted by Crippen LogP contribution is 2.30. The molecule has 5 rings (SSSR count). The Morgan fingerprint density at radius 1 is 1.17 bits per heavy atom. The summed E-state index contributed by atoms with van der Waals surface area (Å²) in [5, 5.41) is 17.0. The molecule has 0 aliphatic heterocycles. The summed E-state index contributed by atoms with van der Waals surface area (Å²) in [4.78, 5) is 18.6. The average molecular weight is 403 g/mol. The maximum atomic E-state index is 13.1. The van der Waals surface area contributed by atoms with Crippen LogP contribution in [0.4, 0.5) is 5.69 Å². The highest BCUT2D eigenvalue weighted by molar-refractivity contribution is 7.13. The lowest BCUT2D eigenvalue weighted by Gasteiger charge is -2.08. The summed E-state index contributed by atoms with van der Waals surface area (Å²) in [5.41, 5.74) is 3.35. The van der Waals surface area contributed by atoms with Gasteiger partial charge >= 0.3 is 0 Å². The normalized spacial score (nSPS) is 11.1. The smallest absolute Gasteiger partial charge is 0.259 e. The van der Waals surface area contributed by atoms with E-state index in [9.17, 15) is 4.79 Å². The predicted octanol–water partition coefficient (Wildman–Crippen LogP) is 4.56. The number of thiophene rings is 1. The minimum atomic E-state index is -0.288. The Morgan fingerprint density at radius 3 is 2.90 bits per heavy atom. The number of anilines is 1. The number of hydrogen-bond acceptors (Lipinski definition) is 8. The van der Waals surface area contributed by atoms with Crippen molar-refractivity contribution in [2.24, 2.45) is 0 Å². The second-order valence-electron chi connectivity index (χ2n) is 6.26. The number of carbonyl (C=O) groups excluding carboxylic acids is 1. The first-order chi connectivity index (χ1) is 14.2. The lowest BCUT2D eigenvalue weighted by Crippen LogP contribution is -2.13. The molecule has 0 bridgehead atoms. The molecule has 29 heavy (non-hydrogen) atoms. The highest BCUT2D eigenvalue weighted by atomic mass is 32.1. The van der Waals surface area contributed by atoms with Gasteiger partial charge in [0.05, 0.1) is 27.2 Å². The van der Waals surface area contributed by atoms with Crippen LogP contribution in [0.15, 0.2) is 63.2 Å². The number of hydrogen-bond donors (Lipinski definition) is 1. The molecule has 4 heterocycles. The average Bonchev–Trinajstić information content (AvgIpc) is 3.50. The van der Waals surface area contributed by atoms with Crippen molar-refractivity contribution < 1.29 is 13.7 Å². The zero-order valence-electron chi connectivity index (χ0n) is 15.1. The lowest BCUT2D eigenvalue weighted by atomic mass is 10.1. The van der Waals surface area contributed by atoms with Crippen LogP contribution < -0.4 is 5.32 Å². The van der Waals surface area contributed by atoms with Gasteiger partial charge in [0, 0.05) is 11.3 Å². The van der Waals surface area contributed by atoms with Crippen molar-refractivity contribution in [3.63, 3.8) is 0 Å². The third-order valence-electron chi connectivity index (χ3n) is 4.36. The maximum Gasteiger partial charge on any atom is 0.259 e. The zero-order valence-corrected chi connectivity index (χ0v) is 15.9. The molecule has 9 heteroatoms. The van der Waals surface area contributed by atoms with Gasteiger partial charge in [0.25, 0.3) is 11.6 Å². The van der Waals surface area contributed by atoms with Crippen LogP contribution in [0, 0.1) is 6.92 Å². The Kier molecular flexibility index (Phi) is 4.14. The fourth-order valence-corrected chi connectivity index (χ4v) is 3.74. The number of benzene rings is 1. The number of pyridine rings is 1. The second-order valence-corrected chi connectivity index (χ2v) is 7.21. The summed E-state index contributed by atoms with van der Waals surface area (Å²) in [5.74, 6) is 0.0893. The van der Waals surface area contributed by atoms with Crippen LogP contribution in [0.3, 0.4) is 0 Å². The van der Waals surface area contributed by atoms with E-state index in [0.29, 0.717) is 45.2 Å². The van der Waals surface area contributed by atoms with Crippen molar-refractivity contribution in [2.45, 2.75) is 6.92 Å². The van der Waals surface area contributed by atoms with E-state index in [1.165, 1.54) is 17.7 Å². The summed E-state index contributed by atoms with van der Waals surface area (Å²) >= 11 is 1.54. The molecule has 0 saturated heterocycles. The fraction of sp³-hybridized carbons (Fsp3) is 0.0500. The first-order valence-corrected chi connectivity index (χ1v) is 9.56. The molecule has 4 aromatic heterocycles. The zero-order chi connectivity index (χ0) is 19.8. The monoisotopic (exact) mass is 403 g/mol. The van der Waals surface area contributed by atoms with E-state index in [4.69, 9.17) is 8.94 Å². The largest absolute Gasteiger partial charge is 0.423 e. The van der Waals surface area contributed by atoms with Crippen LogP contribution in [0.5, 0.6) is 0 Å². The van der Waals surface area contributed by atoms with E-state index in [1.54, 1.807) is 31.2 Å². The third-order valence-corrected chi connectivity index (χ3v) is 5.26. The number of fused-ring (bicyclic) bond motifs is 1. The fourth-order valence-electron chi connectivity index (χ4n) is 3.05. The van der Waals surface area contributed by atoms with Gasteiger partial charge in [0.1, 0.15) is 0 Å². The van der Waals surface area contributed by atoms with Gasteiger partial charge in [-0.3, -0.25) is 4.79 Å². The van der Waals surface area contributed by atoms with Gasteiger partial charge in [-0.1, -0.05) is 17.3 Å². The number of rotatable bonds is 4. The van der Waals surface area contributed by atoms with Crippen molar-refractivity contribution >= 4 is 34.0 Å². The molecule has 1 aromatic carbocycles. The number of carbonyl (C=O) groups is 1. The number of aromatic nitrogens is 4. The Labute approximate surface area is 168 Å². The van der Waals surface area contributed by atoms with Crippen molar-refractivity contribution in [3.05, 3.63) is 65.5 Å². The lowest BCUT2D eigenvalue weighted by molar-refractivity contribution is 0.102. The van der Waals surface area contributed by atoms with Gasteiger partial charge in [0.15, 0.2) is 0 Å². The van der Waals surface area contributed by atoms with Crippen molar-refractivity contribution in [3.8, 4) is 22.0 Å². The molecule has 142 valence electrons. The first kappa shape index (κ1) is 17.3. The van der Waals surface area contributed by atoms with Gasteiger partial charge in [-0.05, 0) is 42.6 Å². The van der Waals surface area contributed by atoms with E-state index in [0.717, 1.165) is 4.88 Å². The Hall–Kier alpha value is -3.85. The molecule has 0 saturated carbocycles. The summed E-state index contributed by atoms with van der Waals surface area (Å²) in [6.45, 7) is 1.78. The second kappa shape index (κ2) is 6.95. The van der Waals surface area contributed by atoms with Crippen LogP contribution in [-0.2, 0) is 0 Å². The van der Waals surface area contributed by atoms with Crippen LogP contribution in [0.2, 0.25) is 0 Å².